The normalized spacial score (nSPS) is 15.8. The molecule has 0 saturated carbocycles. The molecule has 1 fully saturated rings. The van der Waals surface area contributed by atoms with Gasteiger partial charge in [0.15, 0.2) is 0 Å². The van der Waals surface area contributed by atoms with Crippen molar-refractivity contribution in [1.82, 2.24) is 9.47 Å². The third kappa shape index (κ3) is 4.10. The van der Waals surface area contributed by atoms with E-state index in [1.165, 1.54) is 16.7 Å². The number of thioether (sulfide) groups is 1. The third-order valence-electron chi connectivity index (χ3n) is 4.26. The fourth-order valence-corrected chi connectivity index (χ4v) is 4.39. The van der Waals surface area contributed by atoms with E-state index in [9.17, 15) is 9.59 Å². The first-order valence-corrected chi connectivity index (χ1v) is 9.80. The first kappa shape index (κ1) is 19.7. The molecule has 1 amide bonds. The average Bonchev–Trinajstić information content (AvgIpc) is 3.03. The van der Waals surface area contributed by atoms with Crippen LogP contribution in [0.25, 0.3) is 11.8 Å². The summed E-state index contributed by atoms with van der Waals surface area (Å²) >= 11 is 12.4. The van der Waals surface area contributed by atoms with Gasteiger partial charge in [0, 0.05) is 28.6 Å². The monoisotopic (exact) mass is 420 g/mol. The molecule has 27 heavy (non-hydrogen) atoms. The minimum atomic E-state index is -0.959. The molecule has 3 rings (SSSR count). The summed E-state index contributed by atoms with van der Waals surface area (Å²) in [5.41, 5.74) is 3.93. The molecule has 2 aromatic rings. The standard InChI is InChI=1S/C19H17ClN2O3S2/c1-11-9-13(12(2)22(11)15-5-3-14(20)4-6-15)10-16-18(25)21(19(26)27-16)8-7-17(23)24/h3-6,9-10H,7-8H2,1-2H3,(H,23,24)/b16-10-. The average molecular weight is 421 g/mol. The number of aromatic nitrogens is 1. The number of aryl methyl sites for hydroxylation is 1. The van der Waals surface area contributed by atoms with Crippen molar-refractivity contribution in [2.24, 2.45) is 0 Å². The van der Waals surface area contributed by atoms with E-state index in [0.29, 0.717) is 14.2 Å². The maximum Gasteiger partial charge on any atom is 0.305 e. The van der Waals surface area contributed by atoms with Gasteiger partial charge in [0.1, 0.15) is 4.32 Å². The summed E-state index contributed by atoms with van der Waals surface area (Å²) in [5, 5.41) is 9.50. The third-order valence-corrected chi connectivity index (χ3v) is 5.89. The molecule has 1 saturated heterocycles. The molecule has 0 radical (unpaired) electrons. The van der Waals surface area contributed by atoms with Gasteiger partial charge in [-0.3, -0.25) is 14.5 Å². The van der Waals surface area contributed by atoms with Crippen LogP contribution >= 0.6 is 35.6 Å². The molecule has 140 valence electrons. The molecule has 0 unspecified atom stereocenters. The van der Waals surface area contributed by atoms with Crippen LogP contribution in [0.1, 0.15) is 23.4 Å². The second-order valence-corrected chi connectivity index (χ2v) is 8.23. The Kier molecular flexibility index (Phi) is 5.74. The molecular weight excluding hydrogens is 404 g/mol. The van der Waals surface area contributed by atoms with Crippen LogP contribution in [0.3, 0.4) is 0 Å². The van der Waals surface area contributed by atoms with E-state index >= 15 is 0 Å². The minimum absolute atomic E-state index is 0.0845. The molecule has 8 heteroatoms. The van der Waals surface area contributed by atoms with Crippen LogP contribution in [0.15, 0.2) is 35.2 Å². The van der Waals surface area contributed by atoms with Crippen LogP contribution in [-0.4, -0.2) is 37.3 Å². The van der Waals surface area contributed by atoms with Crippen LogP contribution < -0.4 is 0 Å². The van der Waals surface area contributed by atoms with E-state index in [1.807, 2.05) is 50.3 Å². The first-order chi connectivity index (χ1) is 12.8. The molecule has 1 N–H and O–H groups in total. The number of amides is 1. The fraction of sp³-hybridized carbons (Fsp3) is 0.211. The zero-order valence-corrected chi connectivity index (χ0v) is 17.1. The SMILES string of the molecule is Cc1cc(/C=C2\SC(=S)N(CCC(=O)O)C2=O)c(C)n1-c1ccc(Cl)cc1. The zero-order chi connectivity index (χ0) is 19.7. The Morgan fingerprint density at radius 1 is 1.30 bits per heavy atom. The first-order valence-electron chi connectivity index (χ1n) is 8.20. The number of carbonyl (C=O) groups is 2. The van der Waals surface area contributed by atoms with Crippen LogP contribution in [0.2, 0.25) is 5.02 Å². The number of benzene rings is 1. The quantitative estimate of drug-likeness (QED) is 0.573. The van der Waals surface area contributed by atoms with E-state index in [0.717, 1.165) is 22.6 Å². The molecule has 0 atom stereocenters. The van der Waals surface area contributed by atoms with Gasteiger partial charge in [-0.15, -0.1) is 0 Å². The van der Waals surface area contributed by atoms with Crippen molar-refractivity contribution in [3.05, 3.63) is 57.2 Å². The summed E-state index contributed by atoms with van der Waals surface area (Å²) in [6.45, 7) is 4.07. The van der Waals surface area contributed by atoms with Gasteiger partial charge < -0.3 is 9.67 Å². The molecule has 5 nitrogen and oxygen atoms in total. The summed E-state index contributed by atoms with van der Waals surface area (Å²) in [7, 11) is 0. The van der Waals surface area contributed by atoms with Gasteiger partial charge >= 0.3 is 5.97 Å². The van der Waals surface area contributed by atoms with Gasteiger partial charge in [0.05, 0.1) is 11.3 Å². The van der Waals surface area contributed by atoms with Gasteiger partial charge in [-0.25, -0.2) is 0 Å². The Morgan fingerprint density at radius 3 is 2.59 bits per heavy atom. The Hall–Kier alpha value is -2.09. The number of halogens is 1. The van der Waals surface area contributed by atoms with Crippen LogP contribution in [-0.2, 0) is 9.59 Å². The fourth-order valence-electron chi connectivity index (χ4n) is 2.96. The van der Waals surface area contributed by atoms with Gasteiger partial charge in [0.25, 0.3) is 5.91 Å². The summed E-state index contributed by atoms with van der Waals surface area (Å²) in [6.07, 6.45) is 1.68. The number of nitrogens with zero attached hydrogens (tertiary/aromatic N) is 2. The van der Waals surface area contributed by atoms with Crippen LogP contribution in [0.5, 0.6) is 0 Å². The van der Waals surface area contributed by atoms with Crippen molar-refractivity contribution in [3.63, 3.8) is 0 Å². The predicted molar refractivity (Wildman–Crippen MR) is 112 cm³/mol. The molecule has 0 aliphatic carbocycles. The second-order valence-electron chi connectivity index (χ2n) is 6.12. The number of thiocarbonyl (C=S) groups is 1. The molecule has 1 aromatic heterocycles. The van der Waals surface area contributed by atoms with Gasteiger partial charge in [-0.05, 0) is 55.8 Å². The molecule has 0 spiro atoms. The van der Waals surface area contributed by atoms with Crippen molar-refractivity contribution in [2.75, 3.05) is 6.54 Å². The van der Waals surface area contributed by atoms with E-state index in [1.54, 1.807) is 0 Å². The highest BCUT2D eigenvalue weighted by Crippen LogP contribution is 2.34. The van der Waals surface area contributed by atoms with Gasteiger partial charge in [0.2, 0.25) is 0 Å². The molecule has 1 aliphatic rings. The number of carboxylic acid groups (broad SMARTS) is 1. The summed E-state index contributed by atoms with van der Waals surface area (Å²) in [6, 6.07) is 9.56. The van der Waals surface area contributed by atoms with Crippen molar-refractivity contribution in [2.45, 2.75) is 20.3 Å². The number of hydrogen-bond donors (Lipinski definition) is 1. The maximum absolute atomic E-state index is 12.6. The predicted octanol–water partition coefficient (Wildman–Crippen LogP) is 4.42. The lowest BCUT2D eigenvalue weighted by Gasteiger charge is -2.12. The zero-order valence-electron chi connectivity index (χ0n) is 14.7. The minimum Gasteiger partial charge on any atom is -0.481 e. The van der Waals surface area contributed by atoms with Crippen LogP contribution in [0, 0.1) is 13.8 Å². The summed E-state index contributed by atoms with van der Waals surface area (Å²) in [5.74, 6) is -1.21. The van der Waals surface area contributed by atoms with Gasteiger partial charge in [-0.1, -0.05) is 35.6 Å². The number of rotatable bonds is 5. The highest BCUT2D eigenvalue weighted by molar-refractivity contribution is 8.26. The van der Waals surface area contributed by atoms with Crippen molar-refractivity contribution >= 4 is 57.9 Å². The van der Waals surface area contributed by atoms with E-state index in [4.69, 9.17) is 28.9 Å². The lowest BCUT2D eigenvalue weighted by atomic mass is 10.2. The smallest absolute Gasteiger partial charge is 0.305 e. The number of carbonyl (C=O) groups excluding carboxylic acids is 1. The second kappa shape index (κ2) is 7.88. The molecular formula is C19H17ClN2O3S2. The lowest BCUT2D eigenvalue weighted by molar-refractivity contribution is -0.137. The Bertz CT molecular complexity index is 964. The number of aliphatic carboxylic acids is 1. The number of hydrogen-bond acceptors (Lipinski definition) is 4. The van der Waals surface area contributed by atoms with Crippen molar-refractivity contribution in [1.29, 1.82) is 0 Å². The number of carboxylic acids is 1. The topological polar surface area (TPSA) is 62.5 Å². The van der Waals surface area contributed by atoms with Crippen molar-refractivity contribution < 1.29 is 14.7 Å². The summed E-state index contributed by atoms with van der Waals surface area (Å²) in [4.78, 5) is 25.2. The molecule has 0 bridgehead atoms. The molecule has 1 aliphatic heterocycles. The van der Waals surface area contributed by atoms with E-state index in [-0.39, 0.29) is 18.9 Å². The Morgan fingerprint density at radius 2 is 1.96 bits per heavy atom. The summed E-state index contributed by atoms with van der Waals surface area (Å²) < 4.78 is 2.48. The largest absolute Gasteiger partial charge is 0.481 e. The van der Waals surface area contributed by atoms with Crippen LogP contribution in [0.4, 0.5) is 0 Å². The highest BCUT2D eigenvalue weighted by atomic mass is 35.5. The Labute approximate surface area is 171 Å². The maximum atomic E-state index is 12.6. The van der Waals surface area contributed by atoms with E-state index < -0.39 is 5.97 Å². The molecule has 2 heterocycles. The lowest BCUT2D eigenvalue weighted by Crippen LogP contribution is -2.30. The van der Waals surface area contributed by atoms with Gasteiger partial charge in [-0.2, -0.15) is 0 Å². The Balaban J connectivity index is 1.91. The molecule has 1 aromatic carbocycles. The van der Waals surface area contributed by atoms with E-state index in [2.05, 4.69) is 4.57 Å². The van der Waals surface area contributed by atoms with Crippen molar-refractivity contribution in [3.8, 4) is 5.69 Å². The highest BCUT2D eigenvalue weighted by Gasteiger charge is 2.32.